The average Bonchev–Trinajstić information content (AvgIpc) is 3.25. The van der Waals surface area contributed by atoms with Crippen LogP contribution in [0.1, 0.15) is 11.3 Å². The number of nitrogens with one attached hydrogen (secondary N) is 1. The normalized spacial score (nSPS) is 13.0. The van der Waals surface area contributed by atoms with Gasteiger partial charge in [0.05, 0.1) is 28.5 Å². The van der Waals surface area contributed by atoms with Crippen LogP contribution in [-0.4, -0.2) is 26.4 Å². The molecule has 26 heavy (non-hydrogen) atoms. The molecule has 1 aromatic carbocycles. The molecule has 9 heteroatoms. The third-order valence-electron chi connectivity index (χ3n) is 4.10. The standard InChI is InChI=1S/C17H16Cl2N6O/c18-10-6-12(19)15(14(7-10)26-5-4-25-3-1-2-22-25)16-11-8-21-9-13(11)23-17(20)24-16/h1-3,6-7,21H,4-5,8-9H2,(H2,20,23,24). The van der Waals surface area contributed by atoms with Crippen LogP contribution in [0.3, 0.4) is 0 Å². The molecule has 0 spiro atoms. The lowest BCUT2D eigenvalue weighted by Crippen LogP contribution is -2.10. The van der Waals surface area contributed by atoms with Crippen LogP contribution in [-0.2, 0) is 19.6 Å². The first kappa shape index (κ1) is 17.1. The molecule has 1 aliphatic heterocycles. The van der Waals surface area contributed by atoms with Crippen LogP contribution in [0.15, 0.2) is 30.6 Å². The Bertz CT molecular complexity index is 945. The molecule has 3 aromatic rings. The van der Waals surface area contributed by atoms with Crippen molar-refractivity contribution in [2.24, 2.45) is 0 Å². The second-order valence-electron chi connectivity index (χ2n) is 5.84. The van der Waals surface area contributed by atoms with Gasteiger partial charge in [0.15, 0.2) is 0 Å². The van der Waals surface area contributed by atoms with Gasteiger partial charge >= 0.3 is 0 Å². The summed E-state index contributed by atoms with van der Waals surface area (Å²) in [6.07, 6.45) is 3.60. The highest BCUT2D eigenvalue weighted by atomic mass is 35.5. The smallest absolute Gasteiger partial charge is 0.220 e. The molecule has 0 amide bonds. The second kappa shape index (κ2) is 7.11. The molecule has 0 saturated heterocycles. The zero-order valence-corrected chi connectivity index (χ0v) is 15.3. The minimum absolute atomic E-state index is 0.205. The van der Waals surface area contributed by atoms with Gasteiger partial charge in [-0.2, -0.15) is 5.10 Å². The van der Waals surface area contributed by atoms with Crippen molar-refractivity contribution in [3.05, 3.63) is 51.9 Å². The minimum Gasteiger partial charge on any atom is -0.491 e. The number of ether oxygens (including phenoxy) is 1. The third kappa shape index (κ3) is 3.33. The fourth-order valence-electron chi connectivity index (χ4n) is 2.97. The van der Waals surface area contributed by atoms with E-state index in [4.69, 9.17) is 33.7 Å². The van der Waals surface area contributed by atoms with Gasteiger partial charge in [-0.1, -0.05) is 23.2 Å². The van der Waals surface area contributed by atoms with Crippen molar-refractivity contribution in [3.63, 3.8) is 0 Å². The summed E-state index contributed by atoms with van der Waals surface area (Å²) in [6.45, 7) is 2.31. The van der Waals surface area contributed by atoms with E-state index in [1.54, 1.807) is 23.0 Å². The fourth-order valence-corrected chi connectivity index (χ4v) is 3.53. The van der Waals surface area contributed by atoms with E-state index < -0.39 is 0 Å². The Morgan fingerprint density at radius 3 is 2.92 bits per heavy atom. The minimum atomic E-state index is 0.205. The van der Waals surface area contributed by atoms with Crippen molar-refractivity contribution in [2.45, 2.75) is 19.6 Å². The quantitative estimate of drug-likeness (QED) is 0.695. The van der Waals surface area contributed by atoms with E-state index in [1.807, 2.05) is 12.3 Å². The number of nitrogen functional groups attached to an aromatic ring is 1. The number of rotatable bonds is 5. The second-order valence-corrected chi connectivity index (χ2v) is 6.68. The molecule has 2 aromatic heterocycles. The molecule has 4 rings (SSSR count). The predicted octanol–water partition coefficient (Wildman–Crippen LogP) is 2.91. The molecule has 3 heterocycles. The van der Waals surface area contributed by atoms with Crippen molar-refractivity contribution in [2.75, 3.05) is 12.3 Å². The number of aromatic nitrogens is 4. The fraction of sp³-hybridized carbons (Fsp3) is 0.235. The average molecular weight is 391 g/mol. The first-order chi connectivity index (χ1) is 12.6. The van der Waals surface area contributed by atoms with Gasteiger partial charge in [-0.25, -0.2) is 9.97 Å². The maximum Gasteiger partial charge on any atom is 0.220 e. The molecular weight excluding hydrogens is 375 g/mol. The largest absolute Gasteiger partial charge is 0.491 e. The van der Waals surface area contributed by atoms with Crippen molar-refractivity contribution < 1.29 is 4.74 Å². The number of benzene rings is 1. The topological polar surface area (TPSA) is 90.9 Å². The van der Waals surface area contributed by atoms with E-state index in [-0.39, 0.29) is 5.95 Å². The SMILES string of the molecule is Nc1nc2c(c(-c3c(Cl)cc(Cl)cc3OCCn3cccn3)n1)CNC2. The first-order valence-electron chi connectivity index (χ1n) is 8.07. The number of hydrogen-bond donors (Lipinski definition) is 2. The molecule has 3 N–H and O–H groups in total. The molecule has 134 valence electrons. The monoisotopic (exact) mass is 390 g/mol. The molecule has 0 atom stereocenters. The highest BCUT2D eigenvalue weighted by molar-refractivity contribution is 6.37. The number of hydrogen-bond acceptors (Lipinski definition) is 6. The maximum atomic E-state index is 6.50. The van der Waals surface area contributed by atoms with Gasteiger partial charge in [-0.15, -0.1) is 0 Å². The van der Waals surface area contributed by atoms with Crippen molar-refractivity contribution in [1.82, 2.24) is 25.1 Å². The van der Waals surface area contributed by atoms with Crippen LogP contribution in [0.2, 0.25) is 10.0 Å². The lowest BCUT2D eigenvalue weighted by molar-refractivity contribution is 0.292. The molecule has 0 bridgehead atoms. The Labute approximate surface area is 160 Å². The summed E-state index contributed by atoms with van der Waals surface area (Å²) >= 11 is 12.7. The summed E-state index contributed by atoms with van der Waals surface area (Å²) in [7, 11) is 0. The molecule has 7 nitrogen and oxygen atoms in total. The van der Waals surface area contributed by atoms with Gasteiger partial charge in [0, 0.05) is 36.1 Å². The number of halogens is 2. The summed E-state index contributed by atoms with van der Waals surface area (Å²) in [4.78, 5) is 8.72. The molecule has 0 aliphatic carbocycles. The van der Waals surface area contributed by atoms with Crippen LogP contribution < -0.4 is 15.8 Å². The zero-order chi connectivity index (χ0) is 18.1. The lowest BCUT2D eigenvalue weighted by Gasteiger charge is -2.16. The van der Waals surface area contributed by atoms with Crippen LogP contribution in [0.5, 0.6) is 5.75 Å². The number of fused-ring (bicyclic) bond motifs is 1. The van der Waals surface area contributed by atoms with Crippen molar-refractivity contribution in [1.29, 1.82) is 0 Å². The van der Waals surface area contributed by atoms with Gasteiger partial charge in [0.1, 0.15) is 12.4 Å². The summed E-state index contributed by atoms with van der Waals surface area (Å²) in [6, 6.07) is 5.27. The number of nitrogens with zero attached hydrogens (tertiary/aromatic N) is 4. The van der Waals surface area contributed by atoms with Crippen molar-refractivity contribution in [3.8, 4) is 17.0 Å². The van der Waals surface area contributed by atoms with Crippen molar-refractivity contribution >= 4 is 29.2 Å². The molecular formula is C17H16Cl2N6O. The summed E-state index contributed by atoms with van der Waals surface area (Å²) in [5.74, 6) is 0.762. The maximum absolute atomic E-state index is 6.50. The molecule has 0 radical (unpaired) electrons. The molecule has 0 saturated carbocycles. The molecule has 0 unspecified atom stereocenters. The Morgan fingerprint density at radius 1 is 1.23 bits per heavy atom. The lowest BCUT2D eigenvalue weighted by atomic mass is 10.0. The first-order valence-corrected chi connectivity index (χ1v) is 8.83. The van der Waals surface area contributed by atoms with Gasteiger partial charge in [-0.05, 0) is 18.2 Å². The zero-order valence-electron chi connectivity index (χ0n) is 13.7. The van der Waals surface area contributed by atoms with Crippen LogP contribution >= 0.6 is 23.2 Å². The van der Waals surface area contributed by atoms with Gasteiger partial charge < -0.3 is 15.8 Å². The molecule has 0 fully saturated rings. The Kier molecular flexibility index (Phi) is 4.67. The van der Waals surface area contributed by atoms with Gasteiger partial charge in [0.25, 0.3) is 0 Å². The summed E-state index contributed by atoms with van der Waals surface area (Å²) in [5, 5.41) is 8.37. The van der Waals surface area contributed by atoms with Crippen LogP contribution in [0.25, 0.3) is 11.3 Å². The van der Waals surface area contributed by atoms with Gasteiger partial charge in [0.2, 0.25) is 5.95 Å². The summed E-state index contributed by atoms with van der Waals surface area (Å²) in [5.41, 5.74) is 9.09. The number of anilines is 1. The number of nitrogens with two attached hydrogens (primary N) is 1. The van der Waals surface area contributed by atoms with E-state index in [2.05, 4.69) is 20.4 Å². The van der Waals surface area contributed by atoms with E-state index in [1.165, 1.54) is 0 Å². The van der Waals surface area contributed by atoms with Crippen LogP contribution in [0, 0.1) is 0 Å². The van der Waals surface area contributed by atoms with E-state index in [0.29, 0.717) is 53.3 Å². The predicted molar refractivity (Wildman–Crippen MR) is 100 cm³/mol. The Hall–Kier alpha value is -2.35. The highest BCUT2D eigenvalue weighted by Gasteiger charge is 2.24. The third-order valence-corrected chi connectivity index (χ3v) is 4.61. The van der Waals surface area contributed by atoms with Crippen LogP contribution in [0.4, 0.5) is 5.95 Å². The summed E-state index contributed by atoms with van der Waals surface area (Å²) < 4.78 is 7.76. The van der Waals surface area contributed by atoms with E-state index in [9.17, 15) is 0 Å². The highest BCUT2D eigenvalue weighted by Crippen LogP contribution is 2.41. The van der Waals surface area contributed by atoms with E-state index >= 15 is 0 Å². The molecule has 1 aliphatic rings. The Morgan fingerprint density at radius 2 is 2.12 bits per heavy atom. The van der Waals surface area contributed by atoms with E-state index in [0.717, 1.165) is 11.3 Å². The van der Waals surface area contributed by atoms with Gasteiger partial charge in [-0.3, -0.25) is 4.68 Å². The Balaban J connectivity index is 1.72.